The Morgan fingerprint density at radius 2 is 1.97 bits per heavy atom. The number of halogens is 1. The first-order chi connectivity index (χ1) is 14.9. The number of hydrogen-bond acceptors (Lipinski definition) is 6. The maximum atomic E-state index is 12.9. The van der Waals surface area contributed by atoms with Crippen molar-refractivity contribution in [2.75, 3.05) is 45.3 Å². The number of pyridine rings is 1. The highest BCUT2D eigenvalue weighted by Gasteiger charge is 2.43. The number of rotatable bonds is 8. The van der Waals surface area contributed by atoms with E-state index in [0.29, 0.717) is 50.5 Å². The molecule has 0 aliphatic carbocycles. The van der Waals surface area contributed by atoms with Gasteiger partial charge in [-0.1, -0.05) is 11.6 Å². The van der Waals surface area contributed by atoms with Crippen LogP contribution in [0.3, 0.4) is 0 Å². The second-order valence-electron chi connectivity index (χ2n) is 8.14. The zero-order chi connectivity index (χ0) is 22.4. The van der Waals surface area contributed by atoms with Crippen molar-refractivity contribution in [2.45, 2.75) is 31.7 Å². The van der Waals surface area contributed by atoms with Crippen molar-refractivity contribution < 1.29 is 19.1 Å². The molecular weight excluding hydrogens is 440 g/mol. The van der Waals surface area contributed by atoms with Crippen molar-refractivity contribution in [1.29, 1.82) is 0 Å². The Hall–Kier alpha value is -2.00. The summed E-state index contributed by atoms with van der Waals surface area (Å²) in [5.41, 5.74) is 0.498. The first-order valence-corrected chi connectivity index (χ1v) is 12.2. The van der Waals surface area contributed by atoms with Crippen LogP contribution in [0.4, 0.5) is 0 Å². The van der Waals surface area contributed by atoms with E-state index in [-0.39, 0.29) is 22.4 Å². The summed E-state index contributed by atoms with van der Waals surface area (Å²) in [5, 5.41) is 2.90. The van der Waals surface area contributed by atoms with Crippen molar-refractivity contribution >= 4 is 41.6 Å². The number of carbonyl (C=O) groups is 3. The Morgan fingerprint density at radius 1 is 1.29 bits per heavy atom. The summed E-state index contributed by atoms with van der Waals surface area (Å²) in [6.45, 7) is 2.64. The van der Waals surface area contributed by atoms with Crippen molar-refractivity contribution in [2.24, 2.45) is 5.41 Å². The van der Waals surface area contributed by atoms with E-state index in [2.05, 4.69) is 10.3 Å². The van der Waals surface area contributed by atoms with Gasteiger partial charge in [-0.25, -0.2) is 4.98 Å². The van der Waals surface area contributed by atoms with Gasteiger partial charge in [0.1, 0.15) is 11.2 Å². The van der Waals surface area contributed by atoms with Gasteiger partial charge in [-0.2, -0.15) is 11.8 Å². The molecule has 8 nitrogen and oxygen atoms in total. The zero-order valence-electron chi connectivity index (χ0n) is 17.9. The molecule has 2 saturated heterocycles. The summed E-state index contributed by atoms with van der Waals surface area (Å²) in [5.74, 6) is 1.04. The molecule has 0 aromatic carbocycles. The standard InChI is InChI=1S/C21H29ClN4O4S/c1-30-18-12-15(11-17(22)24-18)19(28)25-7-4-21(5-8-25)6-9-26(13-21)20(29)16(23-14-27)3-10-31-2/h11-12,14,16H,3-10,13H2,1-2H3,(H,23,27)/t16-/m0/s1. The molecule has 31 heavy (non-hydrogen) atoms. The first-order valence-electron chi connectivity index (χ1n) is 10.4. The number of thioether (sulfide) groups is 1. The predicted octanol–water partition coefficient (Wildman–Crippen LogP) is 2.07. The number of likely N-dealkylation sites (tertiary alicyclic amines) is 2. The third kappa shape index (κ3) is 5.63. The number of aromatic nitrogens is 1. The fourth-order valence-corrected chi connectivity index (χ4v) is 5.09. The average Bonchev–Trinajstić information content (AvgIpc) is 3.19. The molecule has 0 radical (unpaired) electrons. The number of nitrogens with zero attached hydrogens (tertiary/aromatic N) is 3. The molecule has 1 spiro atoms. The van der Waals surface area contributed by atoms with E-state index in [0.717, 1.165) is 25.0 Å². The Bertz CT molecular complexity index is 817. The summed E-state index contributed by atoms with van der Waals surface area (Å²) >= 11 is 7.67. The van der Waals surface area contributed by atoms with Crippen LogP contribution in [-0.4, -0.2) is 84.3 Å². The van der Waals surface area contributed by atoms with E-state index in [1.165, 1.54) is 7.11 Å². The monoisotopic (exact) mass is 468 g/mol. The molecule has 2 aliphatic heterocycles. The molecule has 1 aromatic rings. The molecule has 2 fully saturated rings. The number of ether oxygens (including phenoxy) is 1. The Labute approximate surface area is 192 Å². The third-order valence-corrected chi connectivity index (χ3v) is 7.10. The highest BCUT2D eigenvalue weighted by molar-refractivity contribution is 7.98. The second kappa shape index (κ2) is 10.5. The van der Waals surface area contributed by atoms with Crippen LogP contribution in [0.25, 0.3) is 0 Å². The topological polar surface area (TPSA) is 91.8 Å². The van der Waals surface area contributed by atoms with Crippen molar-refractivity contribution in [1.82, 2.24) is 20.1 Å². The fraction of sp³-hybridized carbons (Fsp3) is 0.619. The number of methoxy groups -OCH3 is 1. The molecule has 170 valence electrons. The van der Waals surface area contributed by atoms with Gasteiger partial charge in [0, 0.05) is 37.8 Å². The van der Waals surface area contributed by atoms with Gasteiger partial charge >= 0.3 is 0 Å². The van der Waals surface area contributed by atoms with Crippen LogP contribution < -0.4 is 10.1 Å². The molecule has 0 saturated carbocycles. The molecule has 0 bridgehead atoms. The van der Waals surface area contributed by atoms with Crippen molar-refractivity contribution in [3.8, 4) is 5.88 Å². The van der Waals surface area contributed by atoms with Crippen LogP contribution in [0.5, 0.6) is 5.88 Å². The lowest BCUT2D eigenvalue weighted by molar-refractivity contribution is -0.134. The van der Waals surface area contributed by atoms with Gasteiger partial charge in [-0.05, 0) is 49.2 Å². The van der Waals surface area contributed by atoms with Gasteiger partial charge < -0.3 is 19.9 Å². The molecule has 10 heteroatoms. The minimum Gasteiger partial charge on any atom is -0.481 e. The molecule has 1 aromatic heterocycles. The van der Waals surface area contributed by atoms with Gasteiger partial charge in [0.2, 0.25) is 18.2 Å². The molecular formula is C21H29ClN4O4S. The Balaban J connectivity index is 1.59. The van der Waals surface area contributed by atoms with E-state index >= 15 is 0 Å². The first kappa shape index (κ1) is 23.7. The Kier molecular flexibility index (Phi) is 8.05. The molecule has 0 unspecified atom stereocenters. The minimum absolute atomic E-state index is 0.00458. The van der Waals surface area contributed by atoms with E-state index in [1.54, 1.807) is 23.9 Å². The summed E-state index contributed by atoms with van der Waals surface area (Å²) in [6, 6.07) is 2.69. The maximum absolute atomic E-state index is 12.9. The number of nitrogens with one attached hydrogen (secondary N) is 1. The SMILES string of the molecule is COc1cc(C(=O)N2CCC3(CC2)CCN(C(=O)[C@H](CCSC)NC=O)C3)cc(Cl)n1. The van der Waals surface area contributed by atoms with Crippen molar-refractivity contribution in [3.05, 3.63) is 22.8 Å². The van der Waals surface area contributed by atoms with E-state index in [9.17, 15) is 14.4 Å². The van der Waals surface area contributed by atoms with Gasteiger partial charge in [0.15, 0.2) is 0 Å². The predicted molar refractivity (Wildman–Crippen MR) is 121 cm³/mol. The van der Waals surface area contributed by atoms with Gasteiger partial charge in [0.25, 0.3) is 5.91 Å². The quantitative estimate of drug-likeness (QED) is 0.464. The number of amides is 3. The van der Waals surface area contributed by atoms with Crippen molar-refractivity contribution in [3.63, 3.8) is 0 Å². The van der Waals surface area contributed by atoms with Crippen LogP contribution in [0.15, 0.2) is 12.1 Å². The van der Waals surface area contributed by atoms with Crippen LogP contribution in [0.1, 0.15) is 36.0 Å². The summed E-state index contributed by atoms with van der Waals surface area (Å²) in [6.07, 6.45) is 5.83. The fourth-order valence-electron chi connectivity index (χ4n) is 4.42. The number of piperidine rings is 1. The molecule has 3 rings (SSSR count). The minimum atomic E-state index is -0.465. The molecule has 2 aliphatic rings. The molecule has 3 heterocycles. The highest BCUT2D eigenvalue weighted by Crippen LogP contribution is 2.41. The van der Waals surface area contributed by atoms with Gasteiger partial charge in [-0.3, -0.25) is 14.4 Å². The Morgan fingerprint density at radius 3 is 2.58 bits per heavy atom. The molecule has 1 atom stereocenters. The third-order valence-electron chi connectivity index (χ3n) is 6.27. The lowest BCUT2D eigenvalue weighted by Crippen LogP contribution is -2.48. The zero-order valence-corrected chi connectivity index (χ0v) is 19.5. The maximum Gasteiger partial charge on any atom is 0.254 e. The lowest BCUT2D eigenvalue weighted by Gasteiger charge is -2.39. The van der Waals surface area contributed by atoms with Crippen LogP contribution >= 0.6 is 23.4 Å². The van der Waals surface area contributed by atoms with E-state index in [4.69, 9.17) is 16.3 Å². The van der Waals surface area contributed by atoms with E-state index in [1.807, 2.05) is 16.1 Å². The van der Waals surface area contributed by atoms with Gasteiger partial charge in [-0.15, -0.1) is 0 Å². The largest absolute Gasteiger partial charge is 0.481 e. The average molecular weight is 469 g/mol. The number of carbonyl (C=O) groups excluding carboxylic acids is 3. The summed E-state index contributed by atoms with van der Waals surface area (Å²) < 4.78 is 5.11. The summed E-state index contributed by atoms with van der Waals surface area (Å²) in [7, 11) is 1.49. The van der Waals surface area contributed by atoms with Crippen LogP contribution in [0, 0.1) is 5.41 Å². The normalized spacial score (nSPS) is 18.7. The highest BCUT2D eigenvalue weighted by atomic mass is 35.5. The smallest absolute Gasteiger partial charge is 0.254 e. The molecule has 1 N–H and O–H groups in total. The second-order valence-corrected chi connectivity index (χ2v) is 9.51. The van der Waals surface area contributed by atoms with E-state index < -0.39 is 6.04 Å². The van der Waals surface area contributed by atoms with Crippen LogP contribution in [-0.2, 0) is 9.59 Å². The molecule has 3 amide bonds. The van der Waals surface area contributed by atoms with Crippen LogP contribution in [0.2, 0.25) is 5.15 Å². The lowest BCUT2D eigenvalue weighted by atomic mass is 9.77. The van der Waals surface area contributed by atoms with Gasteiger partial charge in [0.05, 0.1) is 7.11 Å². The number of hydrogen-bond donors (Lipinski definition) is 1. The summed E-state index contributed by atoms with van der Waals surface area (Å²) in [4.78, 5) is 44.5.